The third-order valence-electron chi connectivity index (χ3n) is 1.38. The summed E-state index contributed by atoms with van der Waals surface area (Å²) in [7, 11) is 0. The highest BCUT2D eigenvalue weighted by atomic mass is 35.5. The Kier molecular flexibility index (Phi) is 2.11. The zero-order valence-electron chi connectivity index (χ0n) is 5.31. The number of nitrogens with two attached hydrogens (primary N) is 1. The lowest BCUT2D eigenvalue weighted by molar-refractivity contribution is 0.168. The molecule has 9 heavy (non-hydrogen) atoms. The molecule has 1 saturated heterocycles. The molecular weight excluding hydrogens is 136 g/mol. The van der Waals surface area contributed by atoms with Crippen molar-refractivity contribution in [3.63, 3.8) is 0 Å². The topological polar surface area (TPSA) is 29.3 Å². The summed E-state index contributed by atoms with van der Waals surface area (Å²) >= 11 is 5.56. The van der Waals surface area contributed by atoms with Gasteiger partial charge in [-0.3, -0.25) is 4.90 Å². The van der Waals surface area contributed by atoms with Crippen molar-refractivity contribution in [2.24, 2.45) is 5.73 Å². The van der Waals surface area contributed by atoms with Crippen LogP contribution in [0.15, 0.2) is 11.6 Å². The average molecular weight is 147 g/mol. The van der Waals surface area contributed by atoms with E-state index in [0.717, 1.165) is 19.6 Å². The summed E-state index contributed by atoms with van der Waals surface area (Å²) in [6.07, 6.45) is 0. The molecule has 1 aliphatic rings. The Morgan fingerprint density at radius 1 is 1.78 bits per heavy atom. The van der Waals surface area contributed by atoms with Crippen LogP contribution in [0.3, 0.4) is 0 Å². The van der Waals surface area contributed by atoms with Crippen LogP contribution in [0, 0.1) is 0 Å². The maximum absolute atomic E-state index is 5.56. The highest BCUT2D eigenvalue weighted by Gasteiger charge is 2.22. The minimum atomic E-state index is 0.362. The molecule has 52 valence electrons. The van der Waals surface area contributed by atoms with E-state index in [4.69, 9.17) is 17.3 Å². The standard InChI is InChI=1S/C6H11ClN2/c1-5(7)2-9-3-6(8)4-9/h6H,1-4,8H2. The fraction of sp³-hybridized carbons (Fsp3) is 0.667. The molecular formula is C6H11ClN2. The molecule has 0 aliphatic carbocycles. The van der Waals surface area contributed by atoms with Gasteiger partial charge in [0.1, 0.15) is 0 Å². The lowest BCUT2D eigenvalue weighted by Crippen LogP contribution is -2.55. The van der Waals surface area contributed by atoms with Crippen molar-refractivity contribution in [2.75, 3.05) is 19.6 Å². The Morgan fingerprint density at radius 3 is 2.67 bits per heavy atom. The van der Waals surface area contributed by atoms with E-state index in [1.807, 2.05) is 0 Å². The first-order valence-electron chi connectivity index (χ1n) is 2.99. The minimum absolute atomic E-state index is 0.362. The Balaban J connectivity index is 2.11. The SMILES string of the molecule is C=C(Cl)CN1CC(N)C1. The molecule has 0 aromatic carbocycles. The van der Waals surface area contributed by atoms with Crippen LogP contribution in [0.25, 0.3) is 0 Å². The lowest BCUT2D eigenvalue weighted by Gasteiger charge is -2.36. The fourth-order valence-electron chi connectivity index (χ4n) is 0.982. The first kappa shape index (κ1) is 7.06. The molecule has 2 N–H and O–H groups in total. The molecule has 0 unspecified atom stereocenters. The Morgan fingerprint density at radius 2 is 2.33 bits per heavy atom. The van der Waals surface area contributed by atoms with Crippen molar-refractivity contribution in [3.8, 4) is 0 Å². The summed E-state index contributed by atoms with van der Waals surface area (Å²) in [5.74, 6) is 0. The van der Waals surface area contributed by atoms with E-state index < -0.39 is 0 Å². The van der Waals surface area contributed by atoms with Gasteiger partial charge in [0.2, 0.25) is 0 Å². The molecule has 0 radical (unpaired) electrons. The van der Waals surface area contributed by atoms with E-state index >= 15 is 0 Å². The lowest BCUT2D eigenvalue weighted by atomic mass is 10.1. The molecule has 1 heterocycles. The van der Waals surface area contributed by atoms with Gasteiger partial charge in [-0.25, -0.2) is 0 Å². The van der Waals surface area contributed by atoms with Crippen LogP contribution in [0.1, 0.15) is 0 Å². The van der Waals surface area contributed by atoms with Gasteiger partial charge in [0.05, 0.1) is 0 Å². The molecule has 0 aromatic rings. The zero-order valence-corrected chi connectivity index (χ0v) is 6.06. The van der Waals surface area contributed by atoms with Gasteiger partial charge in [-0.05, 0) is 0 Å². The van der Waals surface area contributed by atoms with E-state index in [1.54, 1.807) is 0 Å². The number of nitrogens with zero attached hydrogens (tertiary/aromatic N) is 1. The zero-order chi connectivity index (χ0) is 6.85. The molecule has 0 saturated carbocycles. The molecule has 0 amide bonds. The third kappa shape index (κ3) is 1.97. The third-order valence-corrected chi connectivity index (χ3v) is 1.50. The molecule has 3 heteroatoms. The van der Waals surface area contributed by atoms with E-state index in [0.29, 0.717) is 11.1 Å². The average Bonchev–Trinajstić information content (AvgIpc) is 1.60. The summed E-state index contributed by atoms with van der Waals surface area (Å²) in [6.45, 7) is 6.30. The van der Waals surface area contributed by atoms with Gasteiger partial charge >= 0.3 is 0 Å². The second kappa shape index (κ2) is 2.69. The maximum atomic E-state index is 5.56. The first-order valence-corrected chi connectivity index (χ1v) is 3.37. The maximum Gasteiger partial charge on any atom is 0.0337 e. The summed E-state index contributed by atoms with van der Waals surface area (Å²) in [5, 5.41) is 0.696. The number of hydrogen-bond acceptors (Lipinski definition) is 2. The summed E-state index contributed by atoms with van der Waals surface area (Å²) < 4.78 is 0. The van der Waals surface area contributed by atoms with Crippen LogP contribution >= 0.6 is 11.6 Å². The highest BCUT2D eigenvalue weighted by Crippen LogP contribution is 2.08. The minimum Gasteiger partial charge on any atom is -0.325 e. The first-order chi connectivity index (χ1) is 4.18. The Bertz CT molecular complexity index is 118. The Labute approximate surface area is 60.3 Å². The highest BCUT2D eigenvalue weighted by molar-refractivity contribution is 6.29. The van der Waals surface area contributed by atoms with Gasteiger partial charge in [-0.15, -0.1) is 0 Å². The summed E-state index contributed by atoms with van der Waals surface area (Å²) in [5.41, 5.74) is 5.53. The quantitative estimate of drug-likeness (QED) is 0.611. The molecule has 1 rings (SSSR count). The van der Waals surface area contributed by atoms with Gasteiger partial charge in [0.25, 0.3) is 0 Å². The van der Waals surface area contributed by atoms with Crippen molar-refractivity contribution in [1.29, 1.82) is 0 Å². The summed E-state index contributed by atoms with van der Waals surface area (Å²) in [4.78, 5) is 2.17. The van der Waals surface area contributed by atoms with Gasteiger partial charge in [0.15, 0.2) is 0 Å². The molecule has 1 fully saturated rings. The van der Waals surface area contributed by atoms with Crippen LogP contribution in [0.2, 0.25) is 0 Å². The number of likely N-dealkylation sites (tertiary alicyclic amines) is 1. The van der Waals surface area contributed by atoms with Gasteiger partial charge in [-0.2, -0.15) is 0 Å². The predicted octanol–water partition coefficient (Wildman–Crippen LogP) is 0.382. The van der Waals surface area contributed by atoms with Gasteiger partial charge in [-0.1, -0.05) is 18.2 Å². The predicted molar refractivity (Wildman–Crippen MR) is 39.4 cm³/mol. The molecule has 1 aliphatic heterocycles. The van der Waals surface area contributed by atoms with Crippen LogP contribution < -0.4 is 5.73 Å². The van der Waals surface area contributed by atoms with Crippen molar-refractivity contribution < 1.29 is 0 Å². The van der Waals surface area contributed by atoms with E-state index in [1.165, 1.54) is 0 Å². The fourth-order valence-corrected chi connectivity index (χ4v) is 1.15. The largest absolute Gasteiger partial charge is 0.325 e. The van der Waals surface area contributed by atoms with Crippen LogP contribution in [-0.2, 0) is 0 Å². The van der Waals surface area contributed by atoms with Crippen molar-refractivity contribution in [1.82, 2.24) is 4.90 Å². The second-order valence-electron chi connectivity index (χ2n) is 2.47. The van der Waals surface area contributed by atoms with Crippen molar-refractivity contribution in [2.45, 2.75) is 6.04 Å². The number of hydrogen-bond donors (Lipinski definition) is 1. The monoisotopic (exact) mass is 146 g/mol. The number of halogens is 1. The van der Waals surface area contributed by atoms with E-state index in [2.05, 4.69) is 11.5 Å². The van der Waals surface area contributed by atoms with Crippen LogP contribution in [-0.4, -0.2) is 30.6 Å². The molecule has 0 bridgehead atoms. The van der Waals surface area contributed by atoms with Crippen LogP contribution in [0.5, 0.6) is 0 Å². The van der Waals surface area contributed by atoms with Gasteiger partial charge in [0, 0.05) is 30.7 Å². The van der Waals surface area contributed by atoms with Crippen LogP contribution in [0.4, 0.5) is 0 Å². The number of rotatable bonds is 2. The van der Waals surface area contributed by atoms with Crippen molar-refractivity contribution >= 4 is 11.6 Å². The molecule has 0 atom stereocenters. The molecule has 0 spiro atoms. The molecule has 0 aromatic heterocycles. The Hall–Kier alpha value is -0.0500. The normalized spacial score (nSPS) is 21.6. The second-order valence-corrected chi connectivity index (χ2v) is 3.01. The van der Waals surface area contributed by atoms with E-state index in [9.17, 15) is 0 Å². The van der Waals surface area contributed by atoms with E-state index in [-0.39, 0.29) is 0 Å². The summed E-state index contributed by atoms with van der Waals surface area (Å²) in [6, 6.07) is 0.362. The smallest absolute Gasteiger partial charge is 0.0337 e. The van der Waals surface area contributed by atoms with Crippen molar-refractivity contribution in [3.05, 3.63) is 11.6 Å². The van der Waals surface area contributed by atoms with Gasteiger partial charge < -0.3 is 5.73 Å². The molecule has 2 nitrogen and oxygen atoms in total.